The molecule has 0 bridgehead atoms. The molecule has 0 radical (unpaired) electrons. The van der Waals surface area contributed by atoms with Crippen LogP contribution in [-0.4, -0.2) is 40.8 Å². The van der Waals surface area contributed by atoms with Crippen molar-refractivity contribution < 1.29 is 9.13 Å². The van der Waals surface area contributed by atoms with Crippen molar-refractivity contribution in [3.63, 3.8) is 0 Å². The zero-order valence-electron chi connectivity index (χ0n) is 17.2. The van der Waals surface area contributed by atoms with E-state index >= 15 is 0 Å². The second-order valence-electron chi connectivity index (χ2n) is 7.57. The Morgan fingerprint density at radius 3 is 2.61 bits per heavy atom. The Balaban J connectivity index is 1.42. The molecule has 0 aliphatic carbocycles. The van der Waals surface area contributed by atoms with Crippen LogP contribution in [-0.2, 0) is 11.8 Å². The van der Waals surface area contributed by atoms with Crippen molar-refractivity contribution in [3.8, 4) is 11.4 Å². The molecule has 2 aromatic heterocycles. The topological polar surface area (TPSA) is 81.2 Å². The average molecular weight is 418 g/mol. The molecule has 3 heterocycles. The SMILES string of the molecule is Cn1c(-c2nc(Nc3ccc(N4CCOCC4)cc3)ncc2F)cc2ccc(N)cc21. The summed E-state index contributed by atoms with van der Waals surface area (Å²) in [5.74, 6) is -0.146. The summed E-state index contributed by atoms with van der Waals surface area (Å²) in [7, 11) is 1.87. The van der Waals surface area contributed by atoms with E-state index in [2.05, 4.69) is 20.2 Å². The molecule has 1 fully saturated rings. The van der Waals surface area contributed by atoms with E-state index in [9.17, 15) is 4.39 Å². The van der Waals surface area contributed by atoms with Crippen LogP contribution in [0.5, 0.6) is 0 Å². The quantitative estimate of drug-likeness (QED) is 0.489. The van der Waals surface area contributed by atoms with Gasteiger partial charge in [0.25, 0.3) is 0 Å². The fourth-order valence-corrected chi connectivity index (χ4v) is 3.89. The van der Waals surface area contributed by atoms with Crippen molar-refractivity contribution in [2.45, 2.75) is 0 Å². The van der Waals surface area contributed by atoms with Crippen LogP contribution in [0.25, 0.3) is 22.3 Å². The number of nitrogens with two attached hydrogens (primary N) is 1. The molecule has 4 aromatic rings. The third kappa shape index (κ3) is 3.77. The van der Waals surface area contributed by atoms with Gasteiger partial charge in [0.05, 0.1) is 30.6 Å². The maximum Gasteiger partial charge on any atom is 0.227 e. The summed E-state index contributed by atoms with van der Waals surface area (Å²) < 4.78 is 21.9. The van der Waals surface area contributed by atoms with Crippen LogP contribution in [0.4, 0.5) is 27.4 Å². The van der Waals surface area contributed by atoms with Gasteiger partial charge < -0.3 is 25.3 Å². The van der Waals surface area contributed by atoms with Gasteiger partial charge in [-0.25, -0.2) is 14.4 Å². The molecule has 0 unspecified atom stereocenters. The Bertz CT molecular complexity index is 1230. The second kappa shape index (κ2) is 7.88. The average Bonchev–Trinajstić information content (AvgIpc) is 3.12. The molecule has 0 spiro atoms. The van der Waals surface area contributed by atoms with Gasteiger partial charge in [0.2, 0.25) is 5.95 Å². The first kappa shape index (κ1) is 19.3. The van der Waals surface area contributed by atoms with Crippen LogP contribution in [0.2, 0.25) is 0 Å². The molecule has 8 heteroatoms. The number of nitrogens with one attached hydrogen (secondary N) is 1. The molecule has 5 rings (SSSR count). The van der Waals surface area contributed by atoms with Gasteiger partial charge in [0.1, 0.15) is 5.69 Å². The summed E-state index contributed by atoms with van der Waals surface area (Å²) in [5.41, 5.74) is 10.4. The largest absolute Gasteiger partial charge is 0.399 e. The van der Waals surface area contributed by atoms with Gasteiger partial charge in [0, 0.05) is 42.6 Å². The fraction of sp³-hybridized carbons (Fsp3) is 0.217. The third-order valence-corrected chi connectivity index (χ3v) is 5.56. The zero-order chi connectivity index (χ0) is 21.4. The molecule has 1 aliphatic rings. The van der Waals surface area contributed by atoms with E-state index in [1.165, 1.54) is 6.20 Å². The molecule has 0 amide bonds. The van der Waals surface area contributed by atoms with Crippen LogP contribution in [0.3, 0.4) is 0 Å². The van der Waals surface area contributed by atoms with E-state index in [-0.39, 0.29) is 5.69 Å². The molecule has 31 heavy (non-hydrogen) atoms. The zero-order valence-corrected chi connectivity index (χ0v) is 17.2. The molecular weight excluding hydrogens is 395 g/mol. The summed E-state index contributed by atoms with van der Waals surface area (Å²) >= 11 is 0. The molecule has 1 aliphatic heterocycles. The number of hydrogen-bond acceptors (Lipinski definition) is 6. The number of benzene rings is 2. The number of nitrogen functional groups attached to an aromatic ring is 1. The highest BCUT2D eigenvalue weighted by Crippen LogP contribution is 2.30. The van der Waals surface area contributed by atoms with Gasteiger partial charge >= 0.3 is 0 Å². The summed E-state index contributed by atoms with van der Waals surface area (Å²) in [6.45, 7) is 3.25. The summed E-state index contributed by atoms with van der Waals surface area (Å²) in [6, 6.07) is 15.6. The predicted molar refractivity (Wildman–Crippen MR) is 121 cm³/mol. The number of ether oxygens (including phenoxy) is 1. The first-order valence-electron chi connectivity index (χ1n) is 10.2. The number of anilines is 4. The normalized spacial score (nSPS) is 14.2. The number of nitrogens with zero attached hydrogens (tertiary/aromatic N) is 4. The summed E-state index contributed by atoms with van der Waals surface area (Å²) in [4.78, 5) is 10.9. The van der Waals surface area contributed by atoms with Gasteiger partial charge in [-0.3, -0.25) is 0 Å². The first-order valence-corrected chi connectivity index (χ1v) is 10.2. The molecule has 0 atom stereocenters. The van der Waals surface area contributed by atoms with E-state index in [1.54, 1.807) is 0 Å². The van der Waals surface area contributed by atoms with Crippen molar-refractivity contribution in [1.29, 1.82) is 0 Å². The monoisotopic (exact) mass is 418 g/mol. The van der Waals surface area contributed by atoms with E-state index in [4.69, 9.17) is 10.5 Å². The standard InChI is InChI=1S/C23H23FN6O/c1-29-20-13-16(25)3-2-15(20)12-21(29)22-19(24)14-26-23(28-22)27-17-4-6-18(7-5-17)30-8-10-31-11-9-30/h2-7,12-14H,8-11,25H2,1H3,(H,26,27,28). The van der Waals surface area contributed by atoms with Crippen LogP contribution >= 0.6 is 0 Å². The lowest BCUT2D eigenvalue weighted by Gasteiger charge is -2.28. The molecular formula is C23H23FN6O. The number of halogens is 1. The highest BCUT2D eigenvalue weighted by Gasteiger charge is 2.16. The van der Waals surface area contributed by atoms with Crippen molar-refractivity contribution in [1.82, 2.24) is 14.5 Å². The lowest BCUT2D eigenvalue weighted by Crippen LogP contribution is -2.36. The third-order valence-electron chi connectivity index (χ3n) is 5.56. The Kier molecular flexibility index (Phi) is 4.91. The molecule has 2 aromatic carbocycles. The summed E-state index contributed by atoms with van der Waals surface area (Å²) in [6.07, 6.45) is 1.19. The summed E-state index contributed by atoms with van der Waals surface area (Å²) in [5, 5.41) is 4.14. The van der Waals surface area contributed by atoms with E-state index in [0.717, 1.165) is 48.6 Å². The van der Waals surface area contributed by atoms with E-state index in [1.807, 2.05) is 60.1 Å². The fourth-order valence-electron chi connectivity index (χ4n) is 3.89. The van der Waals surface area contributed by atoms with Gasteiger partial charge in [-0.1, -0.05) is 6.07 Å². The lowest BCUT2D eigenvalue weighted by atomic mass is 10.2. The van der Waals surface area contributed by atoms with Crippen LogP contribution < -0.4 is 16.0 Å². The number of aryl methyl sites for hydroxylation is 1. The van der Waals surface area contributed by atoms with Gasteiger partial charge in [-0.15, -0.1) is 0 Å². The highest BCUT2D eigenvalue weighted by atomic mass is 19.1. The second-order valence-corrected chi connectivity index (χ2v) is 7.57. The van der Waals surface area contributed by atoms with Crippen LogP contribution in [0.1, 0.15) is 0 Å². The van der Waals surface area contributed by atoms with Crippen molar-refractivity contribution in [2.24, 2.45) is 7.05 Å². The Morgan fingerprint density at radius 2 is 1.84 bits per heavy atom. The van der Waals surface area contributed by atoms with Crippen molar-refractivity contribution >= 4 is 33.9 Å². The molecule has 3 N–H and O–H groups in total. The number of aromatic nitrogens is 3. The molecule has 0 saturated carbocycles. The number of morpholine rings is 1. The Morgan fingerprint density at radius 1 is 1.06 bits per heavy atom. The van der Waals surface area contributed by atoms with Gasteiger partial charge in [-0.05, 0) is 42.5 Å². The lowest BCUT2D eigenvalue weighted by molar-refractivity contribution is 0.122. The van der Waals surface area contributed by atoms with Crippen molar-refractivity contribution in [2.75, 3.05) is 42.3 Å². The smallest absolute Gasteiger partial charge is 0.227 e. The number of rotatable bonds is 4. The minimum Gasteiger partial charge on any atom is -0.399 e. The minimum absolute atomic E-state index is 0.236. The molecule has 158 valence electrons. The van der Waals surface area contributed by atoms with Gasteiger partial charge in [0.15, 0.2) is 5.82 Å². The predicted octanol–water partition coefficient (Wildman–Crippen LogP) is 3.94. The first-order chi connectivity index (χ1) is 15.1. The van der Waals surface area contributed by atoms with Gasteiger partial charge in [-0.2, -0.15) is 0 Å². The molecule has 1 saturated heterocycles. The Hall–Kier alpha value is -3.65. The van der Waals surface area contributed by atoms with Crippen molar-refractivity contribution in [3.05, 3.63) is 60.5 Å². The maximum atomic E-state index is 14.6. The number of fused-ring (bicyclic) bond motifs is 1. The van der Waals surface area contributed by atoms with E-state index < -0.39 is 5.82 Å². The Labute approximate surface area is 179 Å². The highest BCUT2D eigenvalue weighted by molar-refractivity contribution is 5.88. The maximum absolute atomic E-state index is 14.6. The van der Waals surface area contributed by atoms with E-state index in [0.29, 0.717) is 17.3 Å². The van der Waals surface area contributed by atoms with Crippen LogP contribution in [0.15, 0.2) is 54.7 Å². The minimum atomic E-state index is -0.480. The number of hydrogen-bond donors (Lipinski definition) is 2. The van der Waals surface area contributed by atoms with Crippen LogP contribution in [0, 0.1) is 5.82 Å². The molecule has 7 nitrogen and oxygen atoms in total.